The van der Waals surface area contributed by atoms with Crippen LogP contribution < -0.4 is 5.32 Å². The number of anilines is 1. The van der Waals surface area contributed by atoms with Crippen molar-refractivity contribution in [2.45, 2.75) is 31.1 Å². The normalized spacial score (nSPS) is 17.1. The van der Waals surface area contributed by atoms with Gasteiger partial charge in [-0.1, -0.05) is 40.9 Å². The molecule has 4 nitrogen and oxygen atoms in total. The number of hydrogen-bond donors (Lipinski definition) is 2. The van der Waals surface area contributed by atoms with Crippen LogP contribution in [0.4, 0.5) is 5.69 Å². The monoisotopic (exact) mass is 333 g/mol. The lowest BCUT2D eigenvalue weighted by molar-refractivity contribution is -0.121. The van der Waals surface area contributed by atoms with Crippen molar-refractivity contribution in [2.75, 3.05) is 5.32 Å². The number of hydrogen-bond acceptors (Lipinski definition) is 2. The summed E-state index contributed by atoms with van der Waals surface area (Å²) in [6.45, 7) is 0. The highest BCUT2D eigenvalue weighted by molar-refractivity contribution is 9.10. The molecular formula is C15H16BrN3O. The van der Waals surface area contributed by atoms with E-state index >= 15 is 0 Å². The molecule has 0 aliphatic heterocycles. The van der Waals surface area contributed by atoms with Crippen LogP contribution in [0.5, 0.6) is 0 Å². The number of aromatic nitrogens is 2. The lowest BCUT2D eigenvalue weighted by Crippen LogP contribution is -2.37. The third-order valence-corrected chi connectivity index (χ3v) is 4.57. The van der Waals surface area contributed by atoms with Crippen molar-refractivity contribution >= 4 is 27.5 Å². The van der Waals surface area contributed by atoms with Crippen LogP contribution in [0.2, 0.25) is 0 Å². The van der Waals surface area contributed by atoms with Crippen molar-refractivity contribution in [2.24, 2.45) is 0 Å². The molecule has 0 unspecified atom stereocenters. The van der Waals surface area contributed by atoms with Gasteiger partial charge in [0, 0.05) is 10.7 Å². The van der Waals surface area contributed by atoms with Crippen LogP contribution in [0.1, 0.15) is 31.2 Å². The van der Waals surface area contributed by atoms with Crippen LogP contribution in [0.15, 0.2) is 41.1 Å². The van der Waals surface area contributed by atoms with E-state index in [9.17, 15) is 4.79 Å². The molecule has 1 fully saturated rings. The third kappa shape index (κ3) is 2.38. The topological polar surface area (TPSA) is 57.8 Å². The molecule has 20 heavy (non-hydrogen) atoms. The molecule has 3 rings (SSSR count). The molecule has 1 aromatic carbocycles. The van der Waals surface area contributed by atoms with Crippen LogP contribution >= 0.6 is 15.9 Å². The maximum atomic E-state index is 12.8. The Kier molecular flexibility index (Phi) is 3.61. The van der Waals surface area contributed by atoms with E-state index in [1.165, 1.54) is 0 Å². The zero-order valence-corrected chi connectivity index (χ0v) is 12.6. The van der Waals surface area contributed by atoms with Gasteiger partial charge in [0.05, 0.1) is 17.3 Å². The first-order valence-electron chi connectivity index (χ1n) is 6.77. The average Bonchev–Trinajstić information content (AvgIpc) is 3.10. The summed E-state index contributed by atoms with van der Waals surface area (Å²) in [6, 6.07) is 8.09. The molecule has 1 saturated carbocycles. The minimum atomic E-state index is -0.405. The van der Waals surface area contributed by atoms with Crippen LogP contribution in [-0.4, -0.2) is 16.1 Å². The molecule has 0 atom stereocenters. The summed E-state index contributed by atoms with van der Waals surface area (Å²) in [5.41, 5.74) is 1.41. The molecule has 1 amide bonds. The molecule has 5 heteroatoms. The standard InChI is InChI=1S/C15H16BrN3O/c16-12-5-3-11(4-6-12)15(7-1-2-8-15)14(20)19-13-9-17-18-10-13/h3-6,9-10H,1-2,7-8H2,(H,17,18)(H,19,20). The quantitative estimate of drug-likeness (QED) is 0.901. The van der Waals surface area contributed by atoms with Crippen LogP contribution in [0.25, 0.3) is 0 Å². The number of rotatable bonds is 3. The highest BCUT2D eigenvalue weighted by atomic mass is 79.9. The van der Waals surface area contributed by atoms with E-state index in [2.05, 4.69) is 31.4 Å². The van der Waals surface area contributed by atoms with E-state index in [1.807, 2.05) is 24.3 Å². The van der Waals surface area contributed by atoms with E-state index in [0.717, 1.165) is 41.4 Å². The Morgan fingerprint density at radius 3 is 2.55 bits per heavy atom. The number of aromatic amines is 1. The van der Waals surface area contributed by atoms with Crippen molar-refractivity contribution in [3.63, 3.8) is 0 Å². The van der Waals surface area contributed by atoms with Crippen molar-refractivity contribution in [1.82, 2.24) is 10.2 Å². The number of nitrogens with zero attached hydrogens (tertiary/aromatic N) is 1. The second-order valence-electron chi connectivity index (χ2n) is 5.24. The van der Waals surface area contributed by atoms with Crippen LogP contribution in [0.3, 0.4) is 0 Å². The number of halogens is 1. The Morgan fingerprint density at radius 2 is 1.95 bits per heavy atom. The SMILES string of the molecule is O=C(Nc1cn[nH]c1)C1(c2ccc(Br)cc2)CCCC1. The average molecular weight is 334 g/mol. The van der Waals surface area contributed by atoms with Gasteiger partial charge in [-0.2, -0.15) is 5.10 Å². The first kappa shape index (κ1) is 13.4. The molecule has 0 saturated heterocycles. The van der Waals surface area contributed by atoms with E-state index in [-0.39, 0.29) is 5.91 Å². The summed E-state index contributed by atoms with van der Waals surface area (Å²) >= 11 is 3.44. The molecule has 104 valence electrons. The summed E-state index contributed by atoms with van der Waals surface area (Å²) < 4.78 is 1.03. The molecule has 2 N–H and O–H groups in total. The third-order valence-electron chi connectivity index (χ3n) is 4.04. The number of H-pyrrole nitrogens is 1. The van der Waals surface area contributed by atoms with Crippen molar-refractivity contribution in [1.29, 1.82) is 0 Å². The van der Waals surface area contributed by atoms with Crippen molar-refractivity contribution in [3.8, 4) is 0 Å². The molecule has 1 aromatic heterocycles. The molecule has 0 spiro atoms. The number of benzene rings is 1. The van der Waals surface area contributed by atoms with E-state index in [4.69, 9.17) is 0 Å². The zero-order valence-electron chi connectivity index (χ0n) is 11.0. The van der Waals surface area contributed by atoms with Gasteiger partial charge in [0.1, 0.15) is 0 Å². The fraction of sp³-hybridized carbons (Fsp3) is 0.333. The van der Waals surface area contributed by atoms with Gasteiger partial charge in [-0.3, -0.25) is 9.89 Å². The number of carbonyl (C=O) groups is 1. The largest absolute Gasteiger partial charge is 0.323 e. The van der Waals surface area contributed by atoms with Crippen molar-refractivity contribution in [3.05, 3.63) is 46.7 Å². The Balaban J connectivity index is 1.91. The summed E-state index contributed by atoms with van der Waals surface area (Å²) in [7, 11) is 0. The predicted octanol–water partition coefficient (Wildman–Crippen LogP) is 3.62. The van der Waals surface area contributed by atoms with Crippen molar-refractivity contribution < 1.29 is 4.79 Å². The Hall–Kier alpha value is -1.62. The molecule has 0 bridgehead atoms. The van der Waals surface area contributed by atoms with E-state index in [1.54, 1.807) is 12.4 Å². The summed E-state index contributed by atoms with van der Waals surface area (Å²) in [6.07, 6.45) is 7.31. The van der Waals surface area contributed by atoms with Gasteiger partial charge in [0.2, 0.25) is 5.91 Å². The smallest absolute Gasteiger partial charge is 0.235 e. The fourth-order valence-electron chi connectivity index (χ4n) is 2.96. The lowest BCUT2D eigenvalue weighted by Gasteiger charge is -2.28. The molecule has 1 aliphatic carbocycles. The summed E-state index contributed by atoms with van der Waals surface area (Å²) in [5.74, 6) is 0.0683. The maximum Gasteiger partial charge on any atom is 0.235 e. The molecule has 1 heterocycles. The van der Waals surface area contributed by atoms with Crippen LogP contribution in [-0.2, 0) is 10.2 Å². The van der Waals surface area contributed by atoms with Gasteiger partial charge < -0.3 is 5.32 Å². The molecular weight excluding hydrogens is 318 g/mol. The first-order valence-corrected chi connectivity index (χ1v) is 7.56. The zero-order chi connectivity index (χ0) is 14.0. The molecule has 0 radical (unpaired) electrons. The van der Waals surface area contributed by atoms with Gasteiger partial charge >= 0.3 is 0 Å². The van der Waals surface area contributed by atoms with Gasteiger partial charge in [0.25, 0.3) is 0 Å². The number of amides is 1. The second kappa shape index (κ2) is 5.40. The minimum Gasteiger partial charge on any atom is -0.323 e. The highest BCUT2D eigenvalue weighted by Crippen LogP contribution is 2.42. The maximum absolute atomic E-state index is 12.8. The first-order chi connectivity index (χ1) is 9.71. The van der Waals surface area contributed by atoms with Crippen LogP contribution in [0, 0.1) is 0 Å². The van der Waals surface area contributed by atoms with Gasteiger partial charge in [0.15, 0.2) is 0 Å². The van der Waals surface area contributed by atoms with Gasteiger partial charge in [-0.25, -0.2) is 0 Å². The minimum absolute atomic E-state index is 0.0683. The number of nitrogens with one attached hydrogen (secondary N) is 2. The lowest BCUT2D eigenvalue weighted by atomic mass is 9.78. The molecule has 2 aromatic rings. The van der Waals surface area contributed by atoms with Gasteiger partial charge in [-0.15, -0.1) is 0 Å². The Labute approximate surface area is 126 Å². The summed E-state index contributed by atoms with van der Waals surface area (Å²) in [5, 5.41) is 9.55. The molecule has 1 aliphatic rings. The number of carbonyl (C=O) groups excluding carboxylic acids is 1. The Morgan fingerprint density at radius 1 is 1.25 bits per heavy atom. The predicted molar refractivity (Wildman–Crippen MR) is 81.5 cm³/mol. The fourth-order valence-corrected chi connectivity index (χ4v) is 3.23. The van der Waals surface area contributed by atoms with E-state index < -0.39 is 5.41 Å². The van der Waals surface area contributed by atoms with E-state index in [0.29, 0.717) is 0 Å². The highest BCUT2D eigenvalue weighted by Gasteiger charge is 2.42. The second-order valence-corrected chi connectivity index (χ2v) is 6.15. The van der Waals surface area contributed by atoms with Gasteiger partial charge in [-0.05, 0) is 30.5 Å². The summed E-state index contributed by atoms with van der Waals surface area (Å²) in [4.78, 5) is 12.8. The Bertz CT molecular complexity index is 586.